The monoisotopic (exact) mass is 350 g/mol. The molecule has 0 aromatic heterocycles. The van der Waals surface area contributed by atoms with Crippen LogP contribution in [0.3, 0.4) is 0 Å². The van der Waals surface area contributed by atoms with Crippen molar-refractivity contribution in [2.45, 2.75) is 10.6 Å². The van der Waals surface area contributed by atoms with Gasteiger partial charge in [0.2, 0.25) is 0 Å². The zero-order valence-electron chi connectivity index (χ0n) is 13.1. The second-order valence-electron chi connectivity index (χ2n) is 5.25. The molecule has 0 aliphatic carbocycles. The van der Waals surface area contributed by atoms with Gasteiger partial charge in [-0.1, -0.05) is 54.6 Å². The molecule has 0 aliphatic rings. The van der Waals surface area contributed by atoms with E-state index in [4.69, 9.17) is 12.2 Å². The van der Waals surface area contributed by atoms with Gasteiger partial charge >= 0.3 is 0 Å². The highest BCUT2D eigenvalue weighted by Gasteiger charge is 2.01. The van der Waals surface area contributed by atoms with Crippen molar-refractivity contribution in [1.82, 2.24) is 0 Å². The predicted octanol–water partition coefficient (Wildman–Crippen LogP) is 5.79. The number of hydrogen-bond donors (Lipinski definition) is 2. The lowest BCUT2D eigenvalue weighted by atomic mass is 10.2. The molecular formula is C20H18N2S2. The van der Waals surface area contributed by atoms with Gasteiger partial charge in [-0.2, -0.15) is 0 Å². The van der Waals surface area contributed by atoms with E-state index in [9.17, 15) is 0 Å². The van der Waals surface area contributed by atoms with E-state index in [1.807, 2.05) is 60.3 Å². The molecule has 3 rings (SSSR count). The second-order valence-corrected chi connectivity index (χ2v) is 6.70. The number of hydrogen-bond acceptors (Lipinski definition) is 2. The van der Waals surface area contributed by atoms with Crippen molar-refractivity contribution in [2.24, 2.45) is 0 Å². The highest BCUT2D eigenvalue weighted by Crippen LogP contribution is 2.25. The van der Waals surface area contributed by atoms with E-state index in [-0.39, 0.29) is 0 Å². The number of para-hydroxylation sites is 1. The van der Waals surface area contributed by atoms with Crippen molar-refractivity contribution in [3.63, 3.8) is 0 Å². The third kappa shape index (κ3) is 5.11. The van der Waals surface area contributed by atoms with E-state index < -0.39 is 0 Å². The number of anilines is 2. The number of nitrogens with one attached hydrogen (secondary N) is 2. The highest BCUT2D eigenvalue weighted by molar-refractivity contribution is 7.98. The molecule has 0 spiro atoms. The molecule has 0 bridgehead atoms. The Morgan fingerprint density at radius 2 is 1.38 bits per heavy atom. The molecule has 0 unspecified atom stereocenters. The molecule has 0 saturated carbocycles. The molecule has 2 nitrogen and oxygen atoms in total. The summed E-state index contributed by atoms with van der Waals surface area (Å²) < 4.78 is 0. The van der Waals surface area contributed by atoms with Crippen LogP contribution in [0.25, 0.3) is 0 Å². The molecule has 4 heteroatoms. The van der Waals surface area contributed by atoms with Gasteiger partial charge in [0.25, 0.3) is 0 Å². The summed E-state index contributed by atoms with van der Waals surface area (Å²) in [5.41, 5.74) is 3.29. The van der Waals surface area contributed by atoms with Crippen LogP contribution < -0.4 is 10.6 Å². The maximum absolute atomic E-state index is 5.37. The first-order valence-corrected chi connectivity index (χ1v) is 9.09. The van der Waals surface area contributed by atoms with Gasteiger partial charge in [-0.05, 0) is 48.1 Å². The lowest BCUT2D eigenvalue weighted by Crippen LogP contribution is -2.18. The first kappa shape index (κ1) is 16.6. The third-order valence-electron chi connectivity index (χ3n) is 3.37. The minimum atomic E-state index is 0.589. The van der Waals surface area contributed by atoms with E-state index in [1.165, 1.54) is 10.5 Å². The number of thioether (sulfide) groups is 1. The minimum absolute atomic E-state index is 0.589. The molecule has 3 aromatic rings. The van der Waals surface area contributed by atoms with Crippen LogP contribution in [0.1, 0.15) is 5.56 Å². The van der Waals surface area contributed by atoms with E-state index in [0.717, 1.165) is 17.1 Å². The molecule has 0 amide bonds. The SMILES string of the molecule is S=C(Nc1ccccc1)Nc1cccc(SCc2ccccc2)c1. The van der Waals surface area contributed by atoms with E-state index in [1.54, 1.807) is 0 Å². The first-order valence-electron chi connectivity index (χ1n) is 7.69. The Hall–Kier alpha value is -2.30. The molecule has 0 fully saturated rings. The van der Waals surface area contributed by atoms with Crippen LogP contribution in [0, 0.1) is 0 Å². The van der Waals surface area contributed by atoms with Crippen molar-refractivity contribution in [3.8, 4) is 0 Å². The highest BCUT2D eigenvalue weighted by atomic mass is 32.2. The fraction of sp³-hybridized carbons (Fsp3) is 0.0500. The predicted molar refractivity (Wildman–Crippen MR) is 109 cm³/mol. The van der Waals surface area contributed by atoms with E-state index in [0.29, 0.717) is 5.11 Å². The Kier molecular flexibility index (Phi) is 5.88. The van der Waals surface area contributed by atoms with Crippen LogP contribution in [-0.2, 0) is 5.75 Å². The fourth-order valence-electron chi connectivity index (χ4n) is 2.22. The summed E-state index contributed by atoms with van der Waals surface area (Å²) >= 11 is 7.19. The Morgan fingerprint density at radius 1 is 0.750 bits per heavy atom. The topological polar surface area (TPSA) is 24.1 Å². The number of benzene rings is 3. The molecule has 0 atom stereocenters. The summed E-state index contributed by atoms with van der Waals surface area (Å²) in [7, 11) is 0. The minimum Gasteiger partial charge on any atom is -0.332 e. The molecule has 3 aromatic carbocycles. The molecule has 0 heterocycles. The molecule has 120 valence electrons. The van der Waals surface area contributed by atoms with E-state index in [2.05, 4.69) is 47.0 Å². The smallest absolute Gasteiger partial charge is 0.175 e. The van der Waals surface area contributed by atoms with Crippen molar-refractivity contribution >= 4 is 40.5 Å². The largest absolute Gasteiger partial charge is 0.332 e. The van der Waals surface area contributed by atoms with Crippen LogP contribution in [0.15, 0.2) is 89.8 Å². The average molecular weight is 351 g/mol. The Bertz CT molecular complexity index is 789. The molecule has 2 N–H and O–H groups in total. The summed E-state index contributed by atoms with van der Waals surface area (Å²) in [6.07, 6.45) is 0. The molecule has 0 saturated heterocycles. The van der Waals surface area contributed by atoms with Crippen LogP contribution in [0.2, 0.25) is 0 Å². The first-order chi connectivity index (χ1) is 11.8. The van der Waals surface area contributed by atoms with Gasteiger partial charge < -0.3 is 10.6 Å². The van der Waals surface area contributed by atoms with Crippen molar-refractivity contribution in [2.75, 3.05) is 10.6 Å². The zero-order valence-corrected chi connectivity index (χ0v) is 14.7. The van der Waals surface area contributed by atoms with Gasteiger partial charge in [-0.25, -0.2) is 0 Å². The zero-order chi connectivity index (χ0) is 16.6. The summed E-state index contributed by atoms with van der Waals surface area (Å²) in [6, 6.07) is 28.7. The summed E-state index contributed by atoms with van der Waals surface area (Å²) in [5, 5.41) is 7.01. The van der Waals surface area contributed by atoms with Gasteiger partial charge in [-0.3, -0.25) is 0 Å². The van der Waals surface area contributed by atoms with Gasteiger partial charge in [0.15, 0.2) is 5.11 Å². The molecule has 0 aliphatic heterocycles. The normalized spacial score (nSPS) is 10.2. The Labute approximate surface area is 152 Å². The third-order valence-corrected chi connectivity index (χ3v) is 4.64. The second kappa shape index (κ2) is 8.52. The quantitative estimate of drug-likeness (QED) is 0.449. The number of rotatable bonds is 5. The standard InChI is InChI=1S/C20H18N2S2/c23-20(21-17-10-5-2-6-11-17)22-18-12-7-13-19(14-18)24-15-16-8-3-1-4-9-16/h1-14H,15H2,(H2,21,22,23). The fourth-order valence-corrected chi connectivity index (χ4v) is 3.37. The van der Waals surface area contributed by atoms with Crippen molar-refractivity contribution in [1.29, 1.82) is 0 Å². The van der Waals surface area contributed by atoms with Crippen LogP contribution in [0.4, 0.5) is 11.4 Å². The molecule has 24 heavy (non-hydrogen) atoms. The van der Waals surface area contributed by atoms with Crippen LogP contribution >= 0.6 is 24.0 Å². The lowest BCUT2D eigenvalue weighted by molar-refractivity contribution is 1.38. The lowest BCUT2D eigenvalue weighted by Gasteiger charge is -2.11. The molecule has 0 radical (unpaired) electrons. The Balaban J connectivity index is 1.57. The summed E-state index contributed by atoms with van der Waals surface area (Å²) in [6.45, 7) is 0. The van der Waals surface area contributed by atoms with Gasteiger partial charge in [0.1, 0.15) is 0 Å². The van der Waals surface area contributed by atoms with Crippen LogP contribution in [-0.4, -0.2) is 5.11 Å². The summed E-state index contributed by atoms with van der Waals surface area (Å²) in [4.78, 5) is 1.21. The van der Waals surface area contributed by atoms with E-state index >= 15 is 0 Å². The maximum Gasteiger partial charge on any atom is 0.175 e. The van der Waals surface area contributed by atoms with Gasteiger partial charge in [0, 0.05) is 22.0 Å². The van der Waals surface area contributed by atoms with Gasteiger partial charge in [0.05, 0.1) is 0 Å². The summed E-state index contributed by atoms with van der Waals surface area (Å²) in [5.74, 6) is 0.955. The molecular weight excluding hydrogens is 332 g/mol. The average Bonchev–Trinajstić information content (AvgIpc) is 2.62. The van der Waals surface area contributed by atoms with Crippen molar-refractivity contribution < 1.29 is 0 Å². The van der Waals surface area contributed by atoms with Gasteiger partial charge in [-0.15, -0.1) is 11.8 Å². The van der Waals surface area contributed by atoms with Crippen molar-refractivity contribution in [3.05, 3.63) is 90.5 Å². The Morgan fingerprint density at radius 3 is 2.12 bits per heavy atom. The van der Waals surface area contributed by atoms with Crippen LogP contribution in [0.5, 0.6) is 0 Å². The number of thiocarbonyl (C=S) groups is 1. The maximum atomic E-state index is 5.37.